The minimum atomic E-state index is -0.720. The van der Waals surface area contributed by atoms with Crippen molar-refractivity contribution in [3.05, 3.63) is 11.6 Å². The molecule has 0 spiro atoms. The van der Waals surface area contributed by atoms with Crippen molar-refractivity contribution in [2.75, 3.05) is 6.61 Å². The third-order valence-electron chi connectivity index (χ3n) is 8.73. The van der Waals surface area contributed by atoms with Crippen LogP contribution in [0.4, 0.5) is 0 Å². The Balaban J connectivity index is 1.41. The van der Waals surface area contributed by atoms with E-state index < -0.39 is 5.97 Å². The summed E-state index contributed by atoms with van der Waals surface area (Å²) in [5, 5.41) is 8.77. The highest BCUT2D eigenvalue weighted by molar-refractivity contribution is 5.66. The van der Waals surface area contributed by atoms with Gasteiger partial charge in [0.2, 0.25) is 0 Å². The molecule has 0 bridgehead atoms. The number of aliphatic carboxylic acids is 1. The summed E-state index contributed by atoms with van der Waals surface area (Å²) in [7, 11) is 0. The zero-order chi connectivity index (χ0) is 18.4. The SMILES string of the molecule is C[C@@]12CCCC1C1CC=C3C[C@@H](OCCCC(=O)O)CC[C@]3(C)C1CC2. The van der Waals surface area contributed by atoms with Gasteiger partial charge in [-0.25, -0.2) is 0 Å². The number of allylic oxidation sites excluding steroid dienone is 1. The van der Waals surface area contributed by atoms with Gasteiger partial charge in [0, 0.05) is 13.0 Å². The number of hydrogen-bond acceptors (Lipinski definition) is 2. The first-order chi connectivity index (χ1) is 12.4. The maximum Gasteiger partial charge on any atom is 0.303 e. The number of carboxylic acids is 1. The molecule has 0 saturated heterocycles. The van der Waals surface area contributed by atoms with Gasteiger partial charge in [-0.2, -0.15) is 0 Å². The van der Waals surface area contributed by atoms with E-state index in [2.05, 4.69) is 19.9 Å². The average Bonchev–Trinajstić information content (AvgIpc) is 3.00. The highest BCUT2D eigenvalue weighted by Gasteiger charge is 2.55. The van der Waals surface area contributed by atoms with Gasteiger partial charge in [0.15, 0.2) is 0 Å². The summed E-state index contributed by atoms with van der Waals surface area (Å²) in [6.45, 7) is 5.71. The van der Waals surface area contributed by atoms with E-state index >= 15 is 0 Å². The van der Waals surface area contributed by atoms with E-state index in [1.165, 1.54) is 44.9 Å². The summed E-state index contributed by atoms with van der Waals surface area (Å²) in [5.41, 5.74) is 2.69. The molecule has 4 rings (SSSR count). The fourth-order valence-corrected chi connectivity index (χ4v) is 7.24. The summed E-state index contributed by atoms with van der Waals surface area (Å²) in [4.78, 5) is 10.7. The fourth-order valence-electron chi connectivity index (χ4n) is 7.24. The lowest BCUT2D eigenvalue weighted by Crippen LogP contribution is -2.49. The fraction of sp³-hybridized carbons (Fsp3) is 0.870. The first-order valence-corrected chi connectivity index (χ1v) is 11.0. The van der Waals surface area contributed by atoms with Crippen molar-refractivity contribution in [3.63, 3.8) is 0 Å². The minimum Gasteiger partial charge on any atom is -0.481 e. The summed E-state index contributed by atoms with van der Waals surface area (Å²) < 4.78 is 6.04. The number of ether oxygens (including phenoxy) is 1. The topological polar surface area (TPSA) is 46.5 Å². The molecule has 0 aromatic heterocycles. The second kappa shape index (κ2) is 6.96. The highest BCUT2D eigenvalue weighted by Crippen LogP contribution is 2.64. The molecule has 0 amide bonds. The Morgan fingerprint density at radius 3 is 2.85 bits per heavy atom. The van der Waals surface area contributed by atoms with Gasteiger partial charge >= 0.3 is 5.97 Å². The second-order valence-corrected chi connectivity index (χ2v) is 10.1. The Hall–Kier alpha value is -0.830. The third-order valence-corrected chi connectivity index (χ3v) is 8.73. The van der Waals surface area contributed by atoms with Gasteiger partial charge in [-0.3, -0.25) is 4.79 Å². The zero-order valence-corrected chi connectivity index (χ0v) is 16.6. The molecule has 146 valence electrons. The number of rotatable bonds is 5. The Morgan fingerprint density at radius 1 is 1.19 bits per heavy atom. The molecule has 6 atom stereocenters. The van der Waals surface area contributed by atoms with E-state index in [0.717, 1.165) is 30.6 Å². The van der Waals surface area contributed by atoms with Crippen LogP contribution in [0.15, 0.2) is 11.6 Å². The molecular weight excluding hydrogens is 324 g/mol. The molecule has 0 heterocycles. The quantitative estimate of drug-likeness (QED) is 0.513. The number of carbonyl (C=O) groups is 1. The minimum absolute atomic E-state index is 0.219. The Bertz CT molecular complexity index is 582. The first-order valence-electron chi connectivity index (χ1n) is 11.0. The van der Waals surface area contributed by atoms with Gasteiger partial charge in [-0.15, -0.1) is 0 Å². The molecule has 3 heteroatoms. The van der Waals surface area contributed by atoms with Crippen molar-refractivity contribution in [2.45, 2.75) is 90.6 Å². The monoisotopic (exact) mass is 360 g/mol. The molecular formula is C23H36O3. The van der Waals surface area contributed by atoms with Crippen molar-refractivity contribution in [3.8, 4) is 0 Å². The lowest BCUT2D eigenvalue weighted by Gasteiger charge is -2.57. The van der Waals surface area contributed by atoms with Crippen LogP contribution in [0.25, 0.3) is 0 Å². The van der Waals surface area contributed by atoms with Crippen LogP contribution in [0, 0.1) is 28.6 Å². The molecule has 0 aromatic rings. The molecule has 1 N–H and O–H groups in total. The van der Waals surface area contributed by atoms with E-state index in [0.29, 0.717) is 30.0 Å². The molecule has 3 unspecified atom stereocenters. The van der Waals surface area contributed by atoms with Crippen LogP contribution in [-0.4, -0.2) is 23.8 Å². The van der Waals surface area contributed by atoms with Crippen LogP contribution in [0.3, 0.4) is 0 Å². The van der Waals surface area contributed by atoms with Crippen molar-refractivity contribution >= 4 is 5.97 Å². The Morgan fingerprint density at radius 2 is 2.04 bits per heavy atom. The molecule has 3 saturated carbocycles. The molecule has 3 fully saturated rings. The standard InChI is InChI=1S/C23H36O3/c1-22-11-3-5-19(22)18-8-7-16-15-17(26-14-4-6-21(24)25)9-13-23(16,2)20(18)10-12-22/h7,17-20H,3-6,8-15H2,1-2H3,(H,24,25)/t17-,18?,19?,20?,22-,23-/m0/s1. The molecule has 0 radical (unpaired) electrons. The number of fused-ring (bicyclic) bond motifs is 5. The number of hydrogen-bond donors (Lipinski definition) is 1. The van der Waals surface area contributed by atoms with Crippen molar-refractivity contribution in [1.82, 2.24) is 0 Å². The molecule has 4 aliphatic carbocycles. The number of carboxylic acid groups (broad SMARTS) is 1. The average molecular weight is 361 g/mol. The molecule has 0 aromatic carbocycles. The van der Waals surface area contributed by atoms with E-state index in [1.54, 1.807) is 5.57 Å². The maximum atomic E-state index is 10.7. The second-order valence-electron chi connectivity index (χ2n) is 10.1. The summed E-state index contributed by atoms with van der Waals surface area (Å²) in [5.74, 6) is 2.03. The lowest BCUT2D eigenvalue weighted by atomic mass is 9.48. The summed E-state index contributed by atoms with van der Waals surface area (Å²) in [6.07, 6.45) is 15.8. The predicted molar refractivity (Wildman–Crippen MR) is 103 cm³/mol. The van der Waals surface area contributed by atoms with Crippen LogP contribution in [0.2, 0.25) is 0 Å². The Kier molecular flexibility index (Phi) is 4.96. The smallest absolute Gasteiger partial charge is 0.303 e. The molecule has 26 heavy (non-hydrogen) atoms. The van der Waals surface area contributed by atoms with Crippen molar-refractivity contribution in [1.29, 1.82) is 0 Å². The van der Waals surface area contributed by atoms with Gasteiger partial charge in [0.05, 0.1) is 6.10 Å². The van der Waals surface area contributed by atoms with E-state index in [4.69, 9.17) is 9.84 Å². The third kappa shape index (κ3) is 3.15. The molecule has 3 nitrogen and oxygen atoms in total. The van der Waals surface area contributed by atoms with Crippen molar-refractivity contribution in [2.24, 2.45) is 28.6 Å². The van der Waals surface area contributed by atoms with Crippen LogP contribution in [0.5, 0.6) is 0 Å². The van der Waals surface area contributed by atoms with Crippen LogP contribution >= 0.6 is 0 Å². The van der Waals surface area contributed by atoms with E-state index in [9.17, 15) is 4.79 Å². The van der Waals surface area contributed by atoms with Gasteiger partial charge < -0.3 is 9.84 Å². The van der Waals surface area contributed by atoms with Crippen molar-refractivity contribution < 1.29 is 14.6 Å². The van der Waals surface area contributed by atoms with E-state index in [1.807, 2.05) is 0 Å². The zero-order valence-electron chi connectivity index (χ0n) is 16.6. The largest absolute Gasteiger partial charge is 0.481 e. The molecule has 0 aliphatic heterocycles. The van der Waals surface area contributed by atoms with Crippen LogP contribution in [0.1, 0.15) is 84.5 Å². The summed E-state index contributed by atoms with van der Waals surface area (Å²) in [6, 6.07) is 0. The lowest BCUT2D eigenvalue weighted by molar-refractivity contribution is -0.137. The summed E-state index contributed by atoms with van der Waals surface area (Å²) >= 11 is 0. The normalized spacial score (nSPS) is 44.6. The van der Waals surface area contributed by atoms with Gasteiger partial charge in [0.25, 0.3) is 0 Å². The van der Waals surface area contributed by atoms with Crippen LogP contribution < -0.4 is 0 Å². The first kappa shape index (κ1) is 18.5. The predicted octanol–water partition coefficient (Wildman–Crippen LogP) is 5.59. The van der Waals surface area contributed by atoms with E-state index in [-0.39, 0.29) is 6.42 Å². The maximum absolute atomic E-state index is 10.7. The Labute approximate surface area is 158 Å². The van der Waals surface area contributed by atoms with Gasteiger partial charge in [0.1, 0.15) is 0 Å². The highest BCUT2D eigenvalue weighted by atomic mass is 16.5. The van der Waals surface area contributed by atoms with Gasteiger partial charge in [-0.1, -0.05) is 31.9 Å². The molecule has 4 aliphatic rings. The van der Waals surface area contributed by atoms with Crippen LogP contribution in [-0.2, 0) is 9.53 Å². The van der Waals surface area contributed by atoms with Gasteiger partial charge in [-0.05, 0) is 86.4 Å².